The number of ether oxygens (including phenoxy) is 5. The zero-order chi connectivity index (χ0) is 23.7. The zero-order valence-corrected chi connectivity index (χ0v) is 22.3. The molecule has 1 heterocycles. The molecule has 0 aromatic carbocycles. The molecule has 32 heavy (non-hydrogen) atoms. The fourth-order valence-electron chi connectivity index (χ4n) is 2.88. The highest BCUT2D eigenvalue weighted by atomic mass is 28.4. The van der Waals surface area contributed by atoms with E-state index in [4.69, 9.17) is 37.0 Å². The van der Waals surface area contributed by atoms with Crippen molar-refractivity contribution in [3.05, 3.63) is 0 Å². The van der Waals surface area contributed by atoms with Crippen LogP contribution in [0.3, 0.4) is 0 Å². The Kier molecular flexibility index (Phi) is 16.2. The first-order chi connectivity index (χ1) is 15.6. The molecule has 0 radical (unpaired) electrons. The minimum absolute atomic E-state index is 0.204. The number of rotatable bonds is 23. The lowest BCUT2D eigenvalue weighted by Crippen LogP contribution is -2.70. The summed E-state index contributed by atoms with van der Waals surface area (Å²) in [4.78, 5) is 0. The normalized spacial score (nSPS) is 17.6. The SMILES string of the molecule is CCCOC(OCCC)(OCCC)[Si](OCCC)(OCCC)OC(CC)COCC1CO1. The number of hydrogen-bond donors (Lipinski definition) is 0. The summed E-state index contributed by atoms with van der Waals surface area (Å²) in [6.45, 7) is 16.4. The Balaban J connectivity index is 3.28. The van der Waals surface area contributed by atoms with Crippen LogP contribution in [0.2, 0.25) is 0 Å². The zero-order valence-electron chi connectivity index (χ0n) is 21.3. The summed E-state index contributed by atoms with van der Waals surface area (Å²) in [5, 5.41) is 0. The molecule has 0 aromatic heterocycles. The minimum Gasteiger partial charge on any atom is -0.376 e. The fourth-order valence-corrected chi connectivity index (χ4v) is 6.05. The molecule has 2 unspecified atom stereocenters. The van der Waals surface area contributed by atoms with Crippen LogP contribution in [0.4, 0.5) is 0 Å². The molecule has 2 atom stereocenters. The van der Waals surface area contributed by atoms with E-state index in [-0.39, 0.29) is 12.2 Å². The van der Waals surface area contributed by atoms with Crippen molar-refractivity contribution >= 4 is 8.80 Å². The van der Waals surface area contributed by atoms with E-state index in [1.807, 2.05) is 0 Å². The number of epoxide rings is 1. The van der Waals surface area contributed by atoms with Crippen LogP contribution in [-0.2, 0) is 37.0 Å². The average molecular weight is 481 g/mol. The molecule has 1 fully saturated rings. The Morgan fingerprint density at radius 3 is 1.62 bits per heavy atom. The average Bonchev–Trinajstić information content (AvgIpc) is 3.64. The highest BCUT2D eigenvalue weighted by Crippen LogP contribution is 2.34. The summed E-state index contributed by atoms with van der Waals surface area (Å²) in [6, 6.07) is 0. The van der Waals surface area contributed by atoms with Crippen LogP contribution in [0.25, 0.3) is 0 Å². The molecule has 1 rings (SSSR count). The largest absolute Gasteiger partial charge is 0.597 e. The van der Waals surface area contributed by atoms with Gasteiger partial charge in [0, 0.05) is 13.2 Å². The van der Waals surface area contributed by atoms with Crippen molar-refractivity contribution < 1.29 is 37.0 Å². The van der Waals surface area contributed by atoms with E-state index in [0.29, 0.717) is 46.2 Å². The smallest absolute Gasteiger partial charge is 0.376 e. The molecular formula is C23H48O8Si. The van der Waals surface area contributed by atoms with Crippen molar-refractivity contribution in [2.75, 3.05) is 52.9 Å². The van der Waals surface area contributed by atoms with Crippen molar-refractivity contribution in [2.24, 2.45) is 0 Å². The first kappa shape index (κ1) is 29.9. The first-order valence-corrected chi connectivity index (χ1v) is 14.4. The number of hydrogen-bond acceptors (Lipinski definition) is 8. The highest BCUT2D eigenvalue weighted by Gasteiger charge is 2.68. The molecule has 8 nitrogen and oxygen atoms in total. The van der Waals surface area contributed by atoms with Gasteiger partial charge in [0.05, 0.1) is 45.7 Å². The Bertz CT molecular complexity index is 420. The van der Waals surface area contributed by atoms with Crippen LogP contribution in [0, 0.1) is 0 Å². The molecule has 0 aliphatic carbocycles. The van der Waals surface area contributed by atoms with E-state index in [0.717, 1.165) is 45.1 Å². The van der Waals surface area contributed by atoms with Crippen molar-refractivity contribution in [2.45, 2.75) is 97.9 Å². The van der Waals surface area contributed by atoms with E-state index in [1.54, 1.807) is 0 Å². The Hall–Kier alpha value is -0.103. The summed E-state index contributed by atoms with van der Waals surface area (Å²) in [5.74, 6) is 0. The van der Waals surface area contributed by atoms with Gasteiger partial charge < -0.3 is 37.0 Å². The molecule has 1 aliphatic rings. The third-order valence-electron chi connectivity index (χ3n) is 4.64. The lowest BCUT2D eigenvalue weighted by molar-refractivity contribution is -0.359. The maximum Gasteiger partial charge on any atom is 0.597 e. The summed E-state index contributed by atoms with van der Waals surface area (Å²) in [7, 11) is -3.65. The maximum absolute atomic E-state index is 6.70. The topological polar surface area (TPSA) is 77.1 Å². The van der Waals surface area contributed by atoms with E-state index >= 15 is 0 Å². The van der Waals surface area contributed by atoms with Crippen molar-refractivity contribution in [3.8, 4) is 0 Å². The summed E-state index contributed by atoms with van der Waals surface area (Å²) in [5.41, 5.74) is -1.51. The van der Waals surface area contributed by atoms with E-state index in [9.17, 15) is 0 Å². The Morgan fingerprint density at radius 1 is 0.781 bits per heavy atom. The predicted octanol–water partition coefficient (Wildman–Crippen LogP) is 4.46. The quantitative estimate of drug-likeness (QED) is 0.120. The van der Waals surface area contributed by atoms with E-state index in [1.165, 1.54) is 0 Å². The third kappa shape index (κ3) is 10.0. The van der Waals surface area contributed by atoms with Crippen LogP contribution >= 0.6 is 0 Å². The van der Waals surface area contributed by atoms with Crippen molar-refractivity contribution in [1.29, 1.82) is 0 Å². The van der Waals surface area contributed by atoms with Gasteiger partial charge in [-0.1, -0.05) is 41.5 Å². The molecule has 0 N–H and O–H groups in total. The molecule has 1 aliphatic heterocycles. The molecule has 0 amide bonds. The molecule has 0 spiro atoms. The first-order valence-electron chi connectivity index (χ1n) is 12.6. The molecule has 1 saturated heterocycles. The van der Waals surface area contributed by atoms with Crippen LogP contribution in [-0.4, -0.2) is 79.5 Å². The van der Waals surface area contributed by atoms with Gasteiger partial charge in [-0.15, -0.1) is 0 Å². The molecule has 0 aromatic rings. The summed E-state index contributed by atoms with van der Waals surface area (Å²) in [6.07, 6.45) is 4.73. The van der Waals surface area contributed by atoms with Crippen LogP contribution in [0.15, 0.2) is 0 Å². The Morgan fingerprint density at radius 2 is 1.25 bits per heavy atom. The van der Waals surface area contributed by atoms with Crippen molar-refractivity contribution in [1.82, 2.24) is 0 Å². The monoisotopic (exact) mass is 480 g/mol. The van der Waals surface area contributed by atoms with Gasteiger partial charge >= 0.3 is 14.4 Å². The van der Waals surface area contributed by atoms with Gasteiger partial charge in [0.25, 0.3) is 0 Å². The van der Waals surface area contributed by atoms with Gasteiger partial charge in [-0.2, -0.15) is 0 Å². The van der Waals surface area contributed by atoms with Gasteiger partial charge in [0.15, 0.2) is 0 Å². The van der Waals surface area contributed by atoms with Crippen LogP contribution in [0.1, 0.15) is 80.1 Å². The van der Waals surface area contributed by atoms with E-state index < -0.39 is 14.4 Å². The molecule has 192 valence electrons. The van der Waals surface area contributed by atoms with Gasteiger partial charge in [-0.3, -0.25) is 0 Å². The second kappa shape index (κ2) is 17.3. The lowest BCUT2D eigenvalue weighted by atomic mass is 10.3. The lowest BCUT2D eigenvalue weighted by Gasteiger charge is -2.44. The molecule has 9 heteroatoms. The third-order valence-corrected chi connectivity index (χ3v) is 7.64. The van der Waals surface area contributed by atoms with E-state index in [2.05, 4.69) is 41.5 Å². The minimum atomic E-state index is -3.65. The van der Waals surface area contributed by atoms with Gasteiger partial charge in [0.2, 0.25) is 0 Å². The maximum atomic E-state index is 6.70. The second-order valence-corrected chi connectivity index (χ2v) is 10.5. The van der Waals surface area contributed by atoms with Gasteiger partial charge in [0.1, 0.15) is 6.10 Å². The Labute approximate surface area is 196 Å². The van der Waals surface area contributed by atoms with Crippen LogP contribution in [0.5, 0.6) is 0 Å². The predicted molar refractivity (Wildman–Crippen MR) is 125 cm³/mol. The van der Waals surface area contributed by atoms with Gasteiger partial charge in [-0.05, 0) is 38.5 Å². The fraction of sp³-hybridized carbons (Fsp3) is 1.00. The molecular weight excluding hydrogens is 432 g/mol. The molecule has 0 saturated carbocycles. The summed E-state index contributed by atoms with van der Waals surface area (Å²) < 4.78 is 49.7. The standard InChI is InChI=1S/C23H48O8Si/c1-7-13-26-23(27-14-8-2,28-15-9-3)32(29-16-10-4,30-17-11-5)31-21(12-6)18-24-19-22-20-25-22/h21-22H,7-20H2,1-6H3. The second-order valence-electron chi connectivity index (χ2n) is 8.00. The highest BCUT2D eigenvalue weighted by molar-refractivity contribution is 6.63. The van der Waals surface area contributed by atoms with Crippen molar-refractivity contribution in [3.63, 3.8) is 0 Å². The molecule has 0 bridgehead atoms. The summed E-state index contributed by atoms with van der Waals surface area (Å²) >= 11 is 0. The van der Waals surface area contributed by atoms with Gasteiger partial charge in [-0.25, -0.2) is 0 Å². The van der Waals surface area contributed by atoms with Crippen LogP contribution < -0.4 is 0 Å².